The molecule has 23 heavy (non-hydrogen) atoms. The normalized spacial score (nSPS) is 10.6. The summed E-state index contributed by atoms with van der Waals surface area (Å²) in [6.45, 7) is 0. The van der Waals surface area contributed by atoms with E-state index in [0.717, 1.165) is 5.69 Å². The SMILES string of the molecule is c1ccc(-c2cnc(-n3cccn3)c(-c3ncccn3)n2)nc1. The van der Waals surface area contributed by atoms with Crippen molar-refractivity contribution in [2.45, 2.75) is 0 Å². The van der Waals surface area contributed by atoms with Crippen molar-refractivity contribution >= 4 is 0 Å². The third-order valence-electron chi connectivity index (χ3n) is 3.18. The molecule has 4 aromatic rings. The van der Waals surface area contributed by atoms with E-state index in [1.54, 1.807) is 47.9 Å². The molecular weight excluding hydrogens is 290 g/mol. The van der Waals surface area contributed by atoms with Gasteiger partial charge in [0.2, 0.25) is 0 Å². The predicted molar refractivity (Wildman–Crippen MR) is 83.4 cm³/mol. The second kappa shape index (κ2) is 5.72. The van der Waals surface area contributed by atoms with E-state index in [1.165, 1.54) is 0 Å². The molecule has 7 heteroatoms. The maximum atomic E-state index is 4.66. The van der Waals surface area contributed by atoms with E-state index in [1.807, 2.05) is 24.3 Å². The highest BCUT2D eigenvalue weighted by Crippen LogP contribution is 2.22. The van der Waals surface area contributed by atoms with Crippen molar-refractivity contribution in [3.8, 4) is 28.7 Å². The second-order valence-electron chi connectivity index (χ2n) is 4.67. The van der Waals surface area contributed by atoms with E-state index in [9.17, 15) is 0 Å². The summed E-state index contributed by atoms with van der Waals surface area (Å²) in [5, 5.41) is 4.22. The zero-order valence-corrected chi connectivity index (χ0v) is 12.0. The topological polar surface area (TPSA) is 82.3 Å². The minimum Gasteiger partial charge on any atom is -0.255 e. The van der Waals surface area contributed by atoms with Gasteiger partial charge in [-0.2, -0.15) is 5.10 Å². The van der Waals surface area contributed by atoms with Crippen LogP contribution in [0.15, 0.2) is 67.5 Å². The lowest BCUT2D eigenvalue weighted by Gasteiger charge is -2.08. The molecule has 0 aliphatic heterocycles. The van der Waals surface area contributed by atoms with Gasteiger partial charge in [-0.05, 0) is 24.3 Å². The molecule has 0 fully saturated rings. The van der Waals surface area contributed by atoms with Crippen LogP contribution < -0.4 is 0 Å². The Balaban J connectivity index is 1.92. The lowest BCUT2D eigenvalue weighted by atomic mass is 10.2. The smallest absolute Gasteiger partial charge is 0.183 e. The van der Waals surface area contributed by atoms with Gasteiger partial charge in [0.05, 0.1) is 11.9 Å². The second-order valence-corrected chi connectivity index (χ2v) is 4.67. The van der Waals surface area contributed by atoms with Crippen molar-refractivity contribution in [2.24, 2.45) is 0 Å². The van der Waals surface area contributed by atoms with Crippen LogP contribution in [0.25, 0.3) is 28.7 Å². The maximum Gasteiger partial charge on any atom is 0.183 e. The number of hydrogen-bond donors (Lipinski definition) is 0. The molecular formula is C16H11N7. The standard InChI is InChI=1S/C16H11N7/c1-2-6-17-12(5-1)13-11-20-16(23-10-4-9-21-23)14(22-13)15-18-7-3-8-19-15/h1-11H. The highest BCUT2D eigenvalue weighted by Gasteiger charge is 2.15. The molecule has 0 aromatic carbocycles. The Hall–Kier alpha value is -3.48. The first-order valence-corrected chi connectivity index (χ1v) is 6.98. The molecule has 0 radical (unpaired) electrons. The van der Waals surface area contributed by atoms with Gasteiger partial charge < -0.3 is 0 Å². The van der Waals surface area contributed by atoms with Crippen LogP contribution >= 0.6 is 0 Å². The van der Waals surface area contributed by atoms with E-state index in [2.05, 4.69) is 30.0 Å². The molecule has 0 aliphatic rings. The van der Waals surface area contributed by atoms with Crippen molar-refractivity contribution in [3.63, 3.8) is 0 Å². The molecule has 4 heterocycles. The van der Waals surface area contributed by atoms with Gasteiger partial charge in [-0.25, -0.2) is 24.6 Å². The molecule has 0 saturated carbocycles. The first-order chi connectivity index (χ1) is 11.4. The van der Waals surface area contributed by atoms with Gasteiger partial charge in [-0.15, -0.1) is 0 Å². The van der Waals surface area contributed by atoms with Crippen molar-refractivity contribution in [1.29, 1.82) is 0 Å². The van der Waals surface area contributed by atoms with Crippen LogP contribution in [-0.2, 0) is 0 Å². The summed E-state index contributed by atoms with van der Waals surface area (Å²) in [5.74, 6) is 1.06. The summed E-state index contributed by atoms with van der Waals surface area (Å²) < 4.78 is 1.64. The molecule has 7 nitrogen and oxygen atoms in total. The minimum absolute atomic E-state index is 0.489. The lowest BCUT2D eigenvalue weighted by Crippen LogP contribution is -2.05. The molecule has 0 atom stereocenters. The van der Waals surface area contributed by atoms with Crippen LogP contribution in [0.2, 0.25) is 0 Å². The van der Waals surface area contributed by atoms with Crippen LogP contribution in [0, 0.1) is 0 Å². The Morgan fingerprint density at radius 3 is 2.35 bits per heavy atom. The monoisotopic (exact) mass is 301 g/mol. The summed E-state index contributed by atoms with van der Waals surface area (Å²) >= 11 is 0. The van der Waals surface area contributed by atoms with Gasteiger partial charge >= 0.3 is 0 Å². The van der Waals surface area contributed by atoms with E-state index >= 15 is 0 Å². The van der Waals surface area contributed by atoms with Gasteiger partial charge in [0.1, 0.15) is 5.69 Å². The third-order valence-corrected chi connectivity index (χ3v) is 3.18. The average molecular weight is 301 g/mol. The van der Waals surface area contributed by atoms with Crippen molar-refractivity contribution in [1.82, 2.24) is 34.7 Å². The van der Waals surface area contributed by atoms with Crippen molar-refractivity contribution in [3.05, 3.63) is 67.5 Å². The largest absolute Gasteiger partial charge is 0.255 e. The number of nitrogens with zero attached hydrogens (tertiary/aromatic N) is 7. The average Bonchev–Trinajstić information content (AvgIpc) is 3.17. The molecule has 4 aromatic heterocycles. The highest BCUT2D eigenvalue weighted by molar-refractivity contribution is 5.64. The maximum absolute atomic E-state index is 4.66. The zero-order valence-electron chi connectivity index (χ0n) is 12.0. The molecule has 0 N–H and O–H groups in total. The zero-order chi connectivity index (χ0) is 15.5. The molecule has 0 saturated heterocycles. The third kappa shape index (κ3) is 2.55. The number of hydrogen-bond acceptors (Lipinski definition) is 6. The fourth-order valence-corrected chi connectivity index (χ4v) is 2.15. The molecule has 0 bridgehead atoms. The number of aromatic nitrogens is 7. The van der Waals surface area contributed by atoms with E-state index in [-0.39, 0.29) is 0 Å². The van der Waals surface area contributed by atoms with Gasteiger partial charge in [0, 0.05) is 31.0 Å². The summed E-state index contributed by atoms with van der Waals surface area (Å²) in [6.07, 6.45) is 10.2. The van der Waals surface area contributed by atoms with Crippen LogP contribution in [-0.4, -0.2) is 34.7 Å². The number of rotatable bonds is 3. The van der Waals surface area contributed by atoms with Crippen LogP contribution in [0.1, 0.15) is 0 Å². The Morgan fingerprint density at radius 1 is 0.739 bits per heavy atom. The van der Waals surface area contributed by atoms with Gasteiger partial charge in [-0.3, -0.25) is 4.98 Å². The fraction of sp³-hybridized carbons (Fsp3) is 0. The highest BCUT2D eigenvalue weighted by atomic mass is 15.3. The summed E-state index contributed by atoms with van der Waals surface area (Å²) in [5.41, 5.74) is 1.95. The predicted octanol–water partition coefficient (Wildman–Crippen LogP) is 2.18. The van der Waals surface area contributed by atoms with E-state index in [0.29, 0.717) is 23.0 Å². The van der Waals surface area contributed by atoms with Crippen LogP contribution in [0.5, 0.6) is 0 Å². The van der Waals surface area contributed by atoms with Crippen molar-refractivity contribution in [2.75, 3.05) is 0 Å². The van der Waals surface area contributed by atoms with Crippen molar-refractivity contribution < 1.29 is 0 Å². The Labute approximate surface area is 131 Å². The lowest BCUT2D eigenvalue weighted by molar-refractivity contribution is 0.838. The molecule has 0 amide bonds. The van der Waals surface area contributed by atoms with Gasteiger partial charge in [0.25, 0.3) is 0 Å². The first-order valence-electron chi connectivity index (χ1n) is 6.98. The Morgan fingerprint density at radius 2 is 1.61 bits per heavy atom. The number of pyridine rings is 1. The van der Waals surface area contributed by atoms with Crippen LogP contribution in [0.3, 0.4) is 0 Å². The quantitative estimate of drug-likeness (QED) is 0.577. The Kier molecular flexibility index (Phi) is 3.28. The van der Waals surface area contributed by atoms with Crippen LogP contribution in [0.4, 0.5) is 0 Å². The molecule has 110 valence electrons. The van der Waals surface area contributed by atoms with E-state index < -0.39 is 0 Å². The molecule has 0 spiro atoms. The molecule has 4 rings (SSSR count). The van der Waals surface area contributed by atoms with Gasteiger partial charge in [0.15, 0.2) is 17.3 Å². The summed E-state index contributed by atoms with van der Waals surface area (Å²) in [7, 11) is 0. The first kappa shape index (κ1) is 13.2. The molecule has 0 aliphatic carbocycles. The minimum atomic E-state index is 0.489. The fourth-order valence-electron chi connectivity index (χ4n) is 2.15. The summed E-state index contributed by atoms with van der Waals surface area (Å²) in [4.78, 5) is 22.0. The van der Waals surface area contributed by atoms with E-state index in [4.69, 9.17) is 0 Å². The summed E-state index contributed by atoms with van der Waals surface area (Å²) in [6, 6.07) is 9.23. The van der Waals surface area contributed by atoms with Gasteiger partial charge in [-0.1, -0.05) is 6.07 Å². The molecule has 0 unspecified atom stereocenters. The Bertz CT molecular complexity index is 906.